The van der Waals surface area contributed by atoms with Crippen LogP contribution in [0, 0.1) is 24.2 Å². The number of imidazole rings is 1. The predicted molar refractivity (Wildman–Crippen MR) is 110 cm³/mol. The molecule has 0 spiro atoms. The van der Waals surface area contributed by atoms with Gasteiger partial charge in [-0.15, -0.1) is 6.42 Å². The van der Waals surface area contributed by atoms with Crippen LogP contribution in [0.25, 0.3) is 11.2 Å². The van der Waals surface area contributed by atoms with Crippen molar-refractivity contribution >= 4 is 11.2 Å². The molecule has 0 amide bonds. The highest BCUT2D eigenvalue weighted by Gasteiger charge is 2.31. The summed E-state index contributed by atoms with van der Waals surface area (Å²) in [5, 5.41) is 0. The first-order valence-electron chi connectivity index (χ1n) is 9.05. The summed E-state index contributed by atoms with van der Waals surface area (Å²) in [6.07, 6.45) is 0.451. The topological polar surface area (TPSA) is 80.3 Å². The molecule has 0 aliphatic carbocycles. The van der Waals surface area contributed by atoms with Crippen LogP contribution >= 0.6 is 0 Å². The lowest BCUT2D eigenvalue weighted by atomic mass is 10.2. The summed E-state index contributed by atoms with van der Waals surface area (Å²) in [5.74, 6) is 8.54. The Labute approximate surface area is 179 Å². The molecule has 3 aromatic rings. The summed E-state index contributed by atoms with van der Waals surface area (Å²) in [7, 11) is 4.36. The molecule has 32 heavy (non-hydrogen) atoms. The van der Waals surface area contributed by atoms with Crippen molar-refractivity contribution < 1.29 is 22.6 Å². The maximum atomic E-state index is 13.1. The number of nitrogens with zero attached hydrogens (tertiary/aromatic N) is 4. The molecular weight excluding hydrogens is 429 g/mol. The second kappa shape index (κ2) is 8.55. The number of benzene rings is 1. The monoisotopic (exact) mass is 446 g/mol. The van der Waals surface area contributed by atoms with Crippen LogP contribution in [0.5, 0.6) is 11.5 Å². The SMILES string of the molecule is C#CCn1c(=O)c2c(nc(C#Cc3ccc(OC)c(OC)c3)n2C)n(CC(F)(F)F)c1=O. The van der Waals surface area contributed by atoms with Gasteiger partial charge < -0.3 is 14.0 Å². The van der Waals surface area contributed by atoms with E-state index in [2.05, 4.69) is 22.7 Å². The molecule has 0 atom stereocenters. The number of aromatic nitrogens is 4. The molecule has 0 N–H and O–H groups in total. The van der Waals surface area contributed by atoms with Crippen molar-refractivity contribution in [3.8, 4) is 35.7 Å². The Kier molecular flexibility index (Phi) is 6.03. The Hall–Kier alpha value is -4.12. The van der Waals surface area contributed by atoms with Gasteiger partial charge in [0.05, 0.1) is 20.8 Å². The van der Waals surface area contributed by atoms with Crippen molar-refractivity contribution in [2.75, 3.05) is 14.2 Å². The molecule has 0 fully saturated rings. The molecule has 1 aromatic carbocycles. The molecule has 2 heterocycles. The van der Waals surface area contributed by atoms with E-state index in [1.807, 2.05) is 0 Å². The number of halogens is 3. The molecule has 0 aliphatic heterocycles. The number of rotatable bonds is 4. The molecule has 8 nitrogen and oxygen atoms in total. The van der Waals surface area contributed by atoms with Gasteiger partial charge in [-0.3, -0.25) is 9.36 Å². The Bertz CT molecular complexity index is 1410. The van der Waals surface area contributed by atoms with Gasteiger partial charge in [0.2, 0.25) is 0 Å². The largest absolute Gasteiger partial charge is 0.493 e. The molecule has 11 heteroatoms. The van der Waals surface area contributed by atoms with Gasteiger partial charge in [-0.25, -0.2) is 14.3 Å². The molecule has 0 unspecified atom stereocenters. The van der Waals surface area contributed by atoms with Gasteiger partial charge in [0, 0.05) is 12.6 Å². The number of methoxy groups -OCH3 is 2. The minimum atomic E-state index is -4.72. The number of hydrogen-bond acceptors (Lipinski definition) is 5. The van der Waals surface area contributed by atoms with Crippen LogP contribution in [0.4, 0.5) is 13.2 Å². The van der Waals surface area contributed by atoms with Crippen molar-refractivity contribution in [3.63, 3.8) is 0 Å². The third-order valence-electron chi connectivity index (χ3n) is 4.53. The Morgan fingerprint density at radius 2 is 1.78 bits per heavy atom. The summed E-state index contributed by atoms with van der Waals surface area (Å²) in [4.78, 5) is 29.3. The highest BCUT2D eigenvalue weighted by molar-refractivity contribution is 5.72. The average molecular weight is 446 g/mol. The van der Waals surface area contributed by atoms with Gasteiger partial charge in [0.15, 0.2) is 28.5 Å². The summed E-state index contributed by atoms with van der Waals surface area (Å²) in [5.41, 5.74) is -2.19. The van der Waals surface area contributed by atoms with Crippen LogP contribution in [-0.2, 0) is 20.1 Å². The lowest BCUT2D eigenvalue weighted by molar-refractivity contribution is -0.140. The summed E-state index contributed by atoms with van der Waals surface area (Å²) in [6.45, 7) is -2.12. The summed E-state index contributed by atoms with van der Waals surface area (Å²) >= 11 is 0. The fraction of sp³-hybridized carbons (Fsp3) is 0.286. The Morgan fingerprint density at radius 3 is 2.38 bits per heavy atom. The van der Waals surface area contributed by atoms with E-state index in [1.165, 1.54) is 25.8 Å². The average Bonchev–Trinajstić information content (AvgIpc) is 3.08. The third kappa shape index (κ3) is 4.18. The highest BCUT2D eigenvalue weighted by atomic mass is 19.4. The minimum absolute atomic E-state index is 0.0133. The molecule has 0 saturated heterocycles. The van der Waals surface area contributed by atoms with Crippen molar-refractivity contribution in [3.05, 3.63) is 50.4 Å². The zero-order valence-corrected chi connectivity index (χ0v) is 17.3. The molecule has 0 radical (unpaired) electrons. The zero-order chi connectivity index (χ0) is 23.6. The van der Waals surface area contributed by atoms with E-state index in [1.54, 1.807) is 18.2 Å². The molecular formula is C21H17F3N4O4. The minimum Gasteiger partial charge on any atom is -0.493 e. The first-order chi connectivity index (χ1) is 15.1. The number of alkyl halides is 3. The molecule has 0 aliphatic rings. The standard InChI is InChI=1S/C21H17F3N4O4/c1-5-10-27-19(29)17-18(28(20(27)30)12-21(22,23)24)25-16(26(17)2)9-7-13-6-8-14(31-3)15(11-13)32-4/h1,6,8,11H,10,12H2,2-4H3. The fourth-order valence-electron chi connectivity index (χ4n) is 3.07. The van der Waals surface area contributed by atoms with Crippen LogP contribution in [0.3, 0.4) is 0 Å². The van der Waals surface area contributed by atoms with E-state index in [0.29, 0.717) is 26.2 Å². The smallest absolute Gasteiger partial charge is 0.406 e. The number of aryl methyl sites for hydroxylation is 1. The van der Waals surface area contributed by atoms with Crippen molar-refractivity contribution in [2.24, 2.45) is 7.05 Å². The number of hydrogen-bond donors (Lipinski definition) is 0. The maximum absolute atomic E-state index is 13.1. The van der Waals surface area contributed by atoms with E-state index in [9.17, 15) is 22.8 Å². The van der Waals surface area contributed by atoms with Gasteiger partial charge in [-0.05, 0) is 24.1 Å². The normalized spacial score (nSPS) is 11.0. The molecule has 166 valence electrons. The number of terminal acetylenes is 1. The van der Waals surface area contributed by atoms with Crippen molar-refractivity contribution in [2.45, 2.75) is 19.3 Å². The zero-order valence-electron chi connectivity index (χ0n) is 17.3. The molecule has 3 rings (SSSR count). The second-order valence-electron chi connectivity index (χ2n) is 6.57. The summed E-state index contributed by atoms with van der Waals surface area (Å²) < 4.78 is 51.8. The van der Waals surface area contributed by atoms with E-state index in [0.717, 1.165) is 0 Å². The number of ether oxygens (including phenoxy) is 2. The van der Waals surface area contributed by atoms with Crippen LogP contribution in [-0.4, -0.2) is 39.1 Å². The lowest BCUT2D eigenvalue weighted by Crippen LogP contribution is -2.42. The van der Waals surface area contributed by atoms with E-state index >= 15 is 0 Å². The maximum Gasteiger partial charge on any atom is 0.406 e. The molecule has 0 saturated carbocycles. The first kappa shape index (κ1) is 22.6. The van der Waals surface area contributed by atoms with Crippen molar-refractivity contribution in [1.29, 1.82) is 0 Å². The first-order valence-corrected chi connectivity index (χ1v) is 9.05. The van der Waals surface area contributed by atoms with E-state index in [-0.39, 0.29) is 11.3 Å². The van der Waals surface area contributed by atoms with Crippen LogP contribution < -0.4 is 20.7 Å². The Balaban J connectivity index is 2.23. The van der Waals surface area contributed by atoms with Gasteiger partial charge in [-0.1, -0.05) is 11.8 Å². The highest BCUT2D eigenvalue weighted by Crippen LogP contribution is 2.27. The molecule has 2 aromatic heterocycles. The van der Waals surface area contributed by atoms with Gasteiger partial charge >= 0.3 is 11.9 Å². The number of fused-ring (bicyclic) bond motifs is 1. The van der Waals surface area contributed by atoms with Crippen molar-refractivity contribution in [1.82, 2.24) is 18.7 Å². The van der Waals surface area contributed by atoms with Crippen LogP contribution in [0.2, 0.25) is 0 Å². The molecule has 0 bridgehead atoms. The van der Waals surface area contributed by atoms with E-state index in [4.69, 9.17) is 15.9 Å². The van der Waals surface area contributed by atoms with Crippen LogP contribution in [0.15, 0.2) is 27.8 Å². The van der Waals surface area contributed by atoms with Gasteiger partial charge in [-0.2, -0.15) is 13.2 Å². The third-order valence-corrected chi connectivity index (χ3v) is 4.53. The van der Waals surface area contributed by atoms with Crippen LogP contribution in [0.1, 0.15) is 11.4 Å². The van der Waals surface area contributed by atoms with Gasteiger partial charge in [0.1, 0.15) is 6.54 Å². The second-order valence-corrected chi connectivity index (χ2v) is 6.57. The predicted octanol–water partition coefficient (Wildman–Crippen LogP) is 1.51. The lowest BCUT2D eigenvalue weighted by Gasteiger charge is -2.12. The fourth-order valence-corrected chi connectivity index (χ4v) is 3.07. The summed E-state index contributed by atoms with van der Waals surface area (Å²) in [6, 6.07) is 4.89. The van der Waals surface area contributed by atoms with E-state index < -0.39 is 36.2 Å². The Morgan fingerprint density at radius 1 is 1.09 bits per heavy atom. The quantitative estimate of drug-likeness (QED) is 0.568. The van der Waals surface area contributed by atoms with Gasteiger partial charge in [0.25, 0.3) is 5.56 Å².